The van der Waals surface area contributed by atoms with Crippen LogP contribution in [0.2, 0.25) is 0 Å². The Labute approximate surface area is 193 Å². The van der Waals surface area contributed by atoms with E-state index < -0.39 is 17.8 Å². The fourth-order valence-corrected chi connectivity index (χ4v) is 6.66. The predicted molar refractivity (Wildman–Crippen MR) is 120 cm³/mol. The van der Waals surface area contributed by atoms with Crippen LogP contribution in [0.5, 0.6) is 5.75 Å². The van der Waals surface area contributed by atoms with E-state index in [0.717, 1.165) is 11.1 Å². The van der Waals surface area contributed by atoms with Crippen molar-refractivity contribution in [3.05, 3.63) is 41.5 Å². The summed E-state index contributed by atoms with van der Waals surface area (Å²) in [6.45, 7) is 4.70. The van der Waals surface area contributed by atoms with Gasteiger partial charge in [-0.25, -0.2) is 0 Å². The number of rotatable bonds is 5. The molecule has 1 aromatic rings. The van der Waals surface area contributed by atoms with Gasteiger partial charge in [-0.3, -0.25) is 29.0 Å². The summed E-state index contributed by atoms with van der Waals surface area (Å²) in [7, 11) is 0. The molecule has 7 heteroatoms. The van der Waals surface area contributed by atoms with Gasteiger partial charge in [0.15, 0.2) is 0 Å². The van der Waals surface area contributed by atoms with Crippen LogP contribution >= 0.6 is 0 Å². The lowest BCUT2D eigenvalue weighted by molar-refractivity contribution is -0.142. The van der Waals surface area contributed by atoms with Gasteiger partial charge >= 0.3 is 0 Å². The van der Waals surface area contributed by atoms with Crippen molar-refractivity contribution >= 4 is 23.6 Å². The van der Waals surface area contributed by atoms with Gasteiger partial charge in [0.1, 0.15) is 5.75 Å². The summed E-state index contributed by atoms with van der Waals surface area (Å²) in [5.41, 5.74) is 1.86. The van der Waals surface area contributed by atoms with Gasteiger partial charge < -0.3 is 5.11 Å². The Morgan fingerprint density at radius 1 is 0.788 bits per heavy atom. The molecule has 1 saturated carbocycles. The molecule has 0 aromatic heterocycles. The predicted octanol–water partition coefficient (Wildman–Crippen LogP) is 2.85. The molecule has 2 saturated heterocycles. The van der Waals surface area contributed by atoms with E-state index in [4.69, 9.17) is 0 Å². The zero-order valence-electron chi connectivity index (χ0n) is 19.1. The van der Waals surface area contributed by atoms with Crippen molar-refractivity contribution in [1.82, 2.24) is 9.80 Å². The summed E-state index contributed by atoms with van der Waals surface area (Å²) in [5.74, 6) is -2.82. The van der Waals surface area contributed by atoms with E-state index in [9.17, 15) is 24.3 Å². The van der Waals surface area contributed by atoms with E-state index in [1.807, 2.05) is 13.8 Å². The maximum atomic E-state index is 13.4. The first kappa shape index (κ1) is 21.9. The van der Waals surface area contributed by atoms with Crippen LogP contribution in [-0.4, -0.2) is 51.6 Å². The molecular formula is C26H30N2O5. The van der Waals surface area contributed by atoms with Gasteiger partial charge in [0.05, 0.1) is 23.7 Å². The highest BCUT2D eigenvalue weighted by molar-refractivity contribution is 6.07. The van der Waals surface area contributed by atoms with E-state index in [1.165, 1.54) is 9.80 Å². The maximum Gasteiger partial charge on any atom is 0.234 e. The molecule has 3 fully saturated rings. The Kier molecular flexibility index (Phi) is 5.38. The summed E-state index contributed by atoms with van der Waals surface area (Å²) in [4.78, 5) is 55.9. The van der Waals surface area contributed by atoms with Crippen molar-refractivity contribution < 1.29 is 24.3 Å². The third kappa shape index (κ3) is 3.15. The van der Waals surface area contributed by atoms with E-state index in [-0.39, 0.29) is 47.1 Å². The molecule has 174 valence electrons. The Morgan fingerprint density at radius 3 is 1.97 bits per heavy atom. The molecule has 0 bridgehead atoms. The lowest BCUT2D eigenvalue weighted by Crippen LogP contribution is -2.43. The number of phenols is 1. The van der Waals surface area contributed by atoms with Crippen molar-refractivity contribution in [1.29, 1.82) is 0 Å². The minimum Gasteiger partial charge on any atom is -0.508 e. The van der Waals surface area contributed by atoms with Crippen molar-refractivity contribution in [3.63, 3.8) is 0 Å². The van der Waals surface area contributed by atoms with Gasteiger partial charge in [-0.1, -0.05) is 37.6 Å². The molecule has 4 amide bonds. The van der Waals surface area contributed by atoms with E-state index >= 15 is 0 Å². The van der Waals surface area contributed by atoms with Gasteiger partial charge in [0, 0.05) is 19.0 Å². The number of benzene rings is 1. The van der Waals surface area contributed by atoms with Crippen LogP contribution in [0.15, 0.2) is 35.9 Å². The lowest BCUT2D eigenvalue weighted by atomic mass is 9.57. The molecule has 1 aromatic carbocycles. The average molecular weight is 451 g/mol. The molecule has 0 spiro atoms. The van der Waals surface area contributed by atoms with Gasteiger partial charge in [-0.2, -0.15) is 0 Å². The number of imide groups is 2. The van der Waals surface area contributed by atoms with E-state index in [0.29, 0.717) is 38.8 Å². The summed E-state index contributed by atoms with van der Waals surface area (Å²) >= 11 is 0. The number of fused-ring (bicyclic) bond motifs is 4. The van der Waals surface area contributed by atoms with Crippen LogP contribution in [0.4, 0.5) is 0 Å². The molecule has 5 rings (SSSR count). The van der Waals surface area contributed by atoms with Crippen molar-refractivity contribution in [2.24, 2.45) is 29.6 Å². The molecule has 1 N–H and O–H groups in total. The highest BCUT2D eigenvalue weighted by Crippen LogP contribution is 2.57. The highest BCUT2D eigenvalue weighted by atomic mass is 16.3. The zero-order valence-corrected chi connectivity index (χ0v) is 19.1. The minimum atomic E-state index is -0.508. The molecule has 6 unspecified atom stereocenters. The summed E-state index contributed by atoms with van der Waals surface area (Å²) < 4.78 is 0. The van der Waals surface area contributed by atoms with Crippen LogP contribution in [0.3, 0.4) is 0 Å². The molecule has 4 aliphatic rings. The normalized spacial score (nSPS) is 33.2. The second kappa shape index (κ2) is 8.12. The number of likely N-dealkylation sites (tertiary alicyclic amines) is 2. The van der Waals surface area contributed by atoms with Crippen LogP contribution in [0.25, 0.3) is 0 Å². The second-order valence-corrected chi connectivity index (χ2v) is 9.77. The number of hydrogen-bond acceptors (Lipinski definition) is 5. The Morgan fingerprint density at radius 2 is 1.36 bits per heavy atom. The fraction of sp³-hybridized carbons (Fsp3) is 0.538. The number of phenolic OH excluding ortho intramolecular Hbond substituents is 1. The first-order valence-electron chi connectivity index (χ1n) is 12.1. The van der Waals surface area contributed by atoms with Crippen molar-refractivity contribution in [3.8, 4) is 5.75 Å². The zero-order chi connectivity index (χ0) is 23.4. The summed E-state index contributed by atoms with van der Waals surface area (Å²) in [6.07, 6.45) is 4.36. The number of hydrogen-bond donors (Lipinski definition) is 1. The molecule has 33 heavy (non-hydrogen) atoms. The van der Waals surface area contributed by atoms with Crippen LogP contribution in [0.1, 0.15) is 51.0 Å². The summed E-state index contributed by atoms with van der Waals surface area (Å²) in [5, 5.41) is 9.82. The second-order valence-electron chi connectivity index (χ2n) is 9.77. The van der Waals surface area contributed by atoms with Crippen LogP contribution in [0, 0.1) is 29.6 Å². The average Bonchev–Trinajstić information content (AvgIpc) is 3.19. The number of amides is 4. The number of aromatic hydroxyl groups is 1. The SMILES string of the molecule is CCCN1C(=O)C2CC=C3C(CC4C(=O)N(CCC)C(=O)C4C3c3ccc(O)cc3)C2C1=O. The Balaban J connectivity index is 1.60. The molecule has 7 nitrogen and oxygen atoms in total. The fourth-order valence-electron chi connectivity index (χ4n) is 6.66. The van der Waals surface area contributed by atoms with E-state index in [2.05, 4.69) is 6.08 Å². The monoisotopic (exact) mass is 450 g/mol. The van der Waals surface area contributed by atoms with Gasteiger partial charge in [-0.05, 0) is 49.3 Å². The number of carbonyl (C=O) groups excluding carboxylic acids is 4. The topological polar surface area (TPSA) is 95.0 Å². The van der Waals surface area contributed by atoms with Gasteiger partial charge in [0.2, 0.25) is 23.6 Å². The number of allylic oxidation sites excluding steroid dienone is 2. The highest BCUT2D eigenvalue weighted by Gasteiger charge is 2.61. The largest absolute Gasteiger partial charge is 0.508 e. The van der Waals surface area contributed by atoms with Crippen LogP contribution in [-0.2, 0) is 19.2 Å². The third-order valence-electron chi connectivity index (χ3n) is 7.98. The molecule has 2 heterocycles. The third-order valence-corrected chi connectivity index (χ3v) is 7.98. The first-order valence-corrected chi connectivity index (χ1v) is 12.1. The standard InChI is InChI=1S/C26H30N2O5/c1-3-11-27-23(30)17-10-9-16-18(21(17)25(27)32)13-19-22(26(33)28(12-4-2)24(19)31)20(16)14-5-7-15(29)8-6-14/h5-9,17-22,29H,3-4,10-13H2,1-2H3. The smallest absolute Gasteiger partial charge is 0.234 e. The quantitative estimate of drug-likeness (QED) is 0.550. The lowest BCUT2D eigenvalue weighted by Gasteiger charge is -2.44. The Bertz CT molecular complexity index is 1050. The Hall–Kier alpha value is -2.96. The van der Waals surface area contributed by atoms with Gasteiger partial charge in [-0.15, -0.1) is 0 Å². The minimum absolute atomic E-state index is 0.105. The molecular weight excluding hydrogens is 420 g/mol. The number of nitrogens with zero attached hydrogens (tertiary/aromatic N) is 2. The van der Waals surface area contributed by atoms with E-state index in [1.54, 1.807) is 24.3 Å². The molecule has 2 aliphatic carbocycles. The van der Waals surface area contributed by atoms with Crippen molar-refractivity contribution in [2.45, 2.75) is 45.4 Å². The molecule has 6 atom stereocenters. The first-order chi connectivity index (χ1) is 15.9. The van der Waals surface area contributed by atoms with Gasteiger partial charge in [0.25, 0.3) is 0 Å². The maximum absolute atomic E-state index is 13.4. The van der Waals surface area contributed by atoms with Crippen LogP contribution < -0.4 is 0 Å². The number of carbonyl (C=O) groups is 4. The summed E-state index contributed by atoms with van der Waals surface area (Å²) in [6, 6.07) is 6.80. The molecule has 2 aliphatic heterocycles. The molecule has 0 radical (unpaired) electrons. The van der Waals surface area contributed by atoms with Crippen molar-refractivity contribution in [2.75, 3.05) is 13.1 Å².